The van der Waals surface area contributed by atoms with E-state index in [0.717, 1.165) is 6.04 Å². The van der Waals surface area contributed by atoms with Crippen molar-refractivity contribution in [1.82, 2.24) is 4.68 Å². The Bertz CT molecular complexity index is 314. The molecule has 1 heterocycles. The van der Waals surface area contributed by atoms with Crippen molar-refractivity contribution in [2.45, 2.75) is 64.5 Å². The van der Waals surface area contributed by atoms with Crippen molar-refractivity contribution in [3.63, 3.8) is 0 Å². The van der Waals surface area contributed by atoms with Gasteiger partial charge in [-0.15, -0.1) is 4.68 Å². The van der Waals surface area contributed by atoms with Gasteiger partial charge in [-0.05, 0) is 12.8 Å². The number of aromatic nitrogens is 2. The van der Waals surface area contributed by atoms with Gasteiger partial charge in [-0.2, -0.15) is 4.68 Å². The zero-order valence-electron chi connectivity index (χ0n) is 10.2. The normalized spacial score (nSPS) is 19.4. The zero-order valence-corrected chi connectivity index (χ0v) is 10.2. The SMILES string of the molecule is CC(C)(C)[n+]1cccn1C1CCCCC1. The van der Waals surface area contributed by atoms with Crippen molar-refractivity contribution in [3.05, 3.63) is 18.5 Å². The minimum absolute atomic E-state index is 0.195. The predicted octanol–water partition coefficient (Wildman–Crippen LogP) is 3.04. The highest BCUT2D eigenvalue weighted by Crippen LogP contribution is 2.27. The summed E-state index contributed by atoms with van der Waals surface area (Å²) in [6.45, 7) is 6.81. The van der Waals surface area contributed by atoms with Gasteiger partial charge < -0.3 is 0 Å². The second-order valence-corrected chi connectivity index (χ2v) is 5.68. The molecule has 1 aliphatic carbocycles. The third-order valence-corrected chi connectivity index (χ3v) is 3.35. The summed E-state index contributed by atoms with van der Waals surface area (Å²) in [6, 6.07) is 2.90. The van der Waals surface area contributed by atoms with Gasteiger partial charge in [0.05, 0.1) is 12.2 Å². The topological polar surface area (TPSA) is 8.81 Å². The lowest BCUT2D eigenvalue weighted by molar-refractivity contribution is -0.827. The van der Waals surface area contributed by atoms with Crippen LogP contribution in [0.2, 0.25) is 0 Å². The highest BCUT2D eigenvalue weighted by Gasteiger charge is 2.29. The maximum Gasteiger partial charge on any atom is 0.196 e. The van der Waals surface area contributed by atoms with Crippen LogP contribution >= 0.6 is 0 Å². The summed E-state index contributed by atoms with van der Waals surface area (Å²) in [4.78, 5) is 0. The molecule has 1 aromatic heterocycles. The fourth-order valence-corrected chi connectivity index (χ4v) is 2.57. The van der Waals surface area contributed by atoms with Gasteiger partial charge in [0.1, 0.15) is 0 Å². The van der Waals surface area contributed by atoms with Crippen molar-refractivity contribution in [3.8, 4) is 0 Å². The second kappa shape index (κ2) is 3.99. The molecule has 1 fully saturated rings. The van der Waals surface area contributed by atoms with E-state index in [1.165, 1.54) is 32.1 Å². The van der Waals surface area contributed by atoms with Crippen LogP contribution in [0.15, 0.2) is 18.5 Å². The first kappa shape index (κ1) is 10.7. The van der Waals surface area contributed by atoms with E-state index in [1.54, 1.807) is 0 Å². The summed E-state index contributed by atoms with van der Waals surface area (Å²) in [7, 11) is 0. The van der Waals surface area contributed by atoms with Gasteiger partial charge in [0.15, 0.2) is 11.7 Å². The third-order valence-electron chi connectivity index (χ3n) is 3.35. The molecule has 0 saturated heterocycles. The molecule has 0 aromatic carbocycles. The van der Waals surface area contributed by atoms with Crippen LogP contribution in [0.25, 0.3) is 0 Å². The van der Waals surface area contributed by atoms with E-state index in [4.69, 9.17) is 0 Å². The zero-order chi connectivity index (χ0) is 10.9. The monoisotopic (exact) mass is 207 g/mol. The van der Waals surface area contributed by atoms with E-state index in [2.05, 4.69) is 48.6 Å². The molecule has 0 bridgehead atoms. The highest BCUT2D eigenvalue weighted by atomic mass is 15.4. The largest absolute Gasteiger partial charge is 0.196 e. The van der Waals surface area contributed by atoms with E-state index in [-0.39, 0.29) is 5.54 Å². The van der Waals surface area contributed by atoms with Crippen LogP contribution in [0, 0.1) is 0 Å². The summed E-state index contributed by atoms with van der Waals surface area (Å²) in [6.07, 6.45) is 11.4. The number of rotatable bonds is 1. The molecule has 1 aliphatic rings. The standard InChI is InChI=1S/C13H23N2/c1-13(2,3)15-11-7-10-14(15)12-8-5-4-6-9-12/h7,10-12H,4-6,8-9H2,1-3H3/q+1. The quantitative estimate of drug-likeness (QED) is 0.626. The first-order valence-corrected chi connectivity index (χ1v) is 6.18. The maximum absolute atomic E-state index is 2.44. The molecule has 1 saturated carbocycles. The molecule has 0 atom stereocenters. The van der Waals surface area contributed by atoms with Crippen LogP contribution in [-0.4, -0.2) is 4.68 Å². The van der Waals surface area contributed by atoms with Crippen LogP contribution < -0.4 is 4.68 Å². The van der Waals surface area contributed by atoms with E-state index >= 15 is 0 Å². The molecule has 0 spiro atoms. The minimum atomic E-state index is 0.195. The smallest absolute Gasteiger partial charge is 0.157 e. The van der Waals surface area contributed by atoms with Crippen molar-refractivity contribution < 1.29 is 4.68 Å². The van der Waals surface area contributed by atoms with Gasteiger partial charge >= 0.3 is 0 Å². The van der Waals surface area contributed by atoms with Crippen LogP contribution in [0.1, 0.15) is 58.9 Å². The van der Waals surface area contributed by atoms with Gasteiger partial charge in [-0.3, -0.25) is 0 Å². The first-order valence-electron chi connectivity index (χ1n) is 6.18. The molecule has 0 unspecified atom stereocenters. The highest BCUT2D eigenvalue weighted by molar-refractivity contribution is 4.79. The summed E-state index contributed by atoms with van der Waals surface area (Å²) in [5.41, 5.74) is 0.195. The average molecular weight is 207 g/mol. The molecule has 2 heteroatoms. The van der Waals surface area contributed by atoms with Crippen LogP contribution in [-0.2, 0) is 5.54 Å². The predicted molar refractivity (Wildman–Crippen MR) is 61.7 cm³/mol. The van der Waals surface area contributed by atoms with Crippen molar-refractivity contribution in [1.29, 1.82) is 0 Å². The van der Waals surface area contributed by atoms with Crippen molar-refractivity contribution in [2.24, 2.45) is 0 Å². The molecule has 2 nitrogen and oxygen atoms in total. The molecule has 0 N–H and O–H groups in total. The Labute approximate surface area is 92.9 Å². The lowest BCUT2D eigenvalue weighted by Crippen LogP contribution is -2.57. The van der Waals surface area contributed by atoms with E-state index in [9.17, 15) is 0 Å². The summed E-state index contributed by atoms with van der Waals surface area (Å²) in [5, 5.41) is 0. The van der Waals surface area contributed by atoms with Gasteiger partial charge in [0, 0.05) is 26.8 Å². The molecule has 0 amide bonds. The molecule has 2 rings (SSSR count). The third kappa shape index (κ3) is 2.24. The average Bonchev–Trinajstić information content (AvgIpc) is 2.67. The molecule has 84 valence electrons. The number of hydrogen-bond acceptors (Lipinski definition) is 0. The Morgan fingerprint density at radius 1 is 1.13 bits per heavy atom. The number of hydrogen-bond donors (Lipinski definition) is 0. The molecular weight excluding hydrogens is 184 g/mol. The first-order chi connectivity index (χ1) is 7.09. The Hall–Kier alpha value is -0.790. The van der Waals surface area contributed by atoms with Gasteiger partial charge in [0.2, 0.25) is 0 Å². The molecule has 0 aliphatic heterocycles. The van der Waals surface area contributed by atoms with E-state index in [1.807, 2.05) is 0 Å². The van der Waals surface area contributed by atoms with Crippen LogP contribution in [0.5, 0.6) is 0 Å². The van der Waals surface area contributed by atoms with E-state index in [0.29, 0.717) is 0 Å². The minimum Gasteiger partial charge on any atom is -0.157 e. The second-order valence-electron chi connectivity index (χ2n) is 5.68. The van der Waals surface area contributed by atoms with Crippen LogP contribution in [0.4, 0.5) is 0 Å². The molecule has 1 aromatic rings. The van der Waals surface area contributed by atoms with Gasteiger partial charge in [-0.25, -0.2) is 0 Å². The Morgan fingerprint density at radius 3 is 2.40 bits per heavy atom. The summed E-state index contributed by atoms with van der Waals surface area (Å²) >= 11 is 0. The van der Waals surface area contributed by atoms with E-state index < -0.39 is 0 Å². The molecular formula is C13H23N2+. The van der Waals surface area contributed by atoms with Crippen LogP contribution in [0.3, 0.4) is 0 Å². The summed E-state index contributed by atoms with van der Waals surface area (Å²) < 4.78 is 4.82. The lowest BCUT2D eigenvalue weighted by atomic mass is 9.95. The lowest BCUT2D eigenvalue weighted by Gasteiger charge is -2.24. The fourth-order valence-electron chi connectivity index (χ4n) is 2.57. The van der Waals surface area contributed by atoms with Gasteiger partial charge in [-0.1, -0.05) is 19.3 Å². The van der Waals surface area contributed by atoms with Gasteiger partial charge in [0.25, 0.3) is 0 Å². The fraction of sp³-hybridized carbons (Fsp3) is 0.769. The van der Waals surface area contributed by atoms with Crippen molar-refractivity contribution in [2.75, 3.05) is 0 Å². The maximum atomic E-state index is 2.44. The number of nitrogens with zero attached hydrogens (tertiary/aromatic N) is 2. The Balaban J connectivity index is 2.24. The molecule has 15 heavy (non-hydrogen) atoms. The molecule has 0 radical (unpaired) electrons. The summed E-state index contributed by atoms with van der Waals surface area (Å²) in [5.74, 6) is 0. The Kier molecular flexibility index (Phi) is 2.85. The Morgan fingerprint density at radius 2 is 1.80 bits per heavy atom. The van der Waals surface area contributed by atoms with Crippen molar-refractivity contribution >= 4 is 0 Å².